The molecule has 102 valence electrons. The van der Waals surface area contributed by atoms with Gasteiger partial charge < -0.3 is 15.2 Å². The second-order valence-corrected chi connectivity index (χ2v) is 4.22. The van der Waals surface area contributed by atoms with Gasteiger partial charge in [0, 0.05) is 6.54 Å². The van der Waals surface area contributed by atoms with E-state index in [1.807, 2.05) is 13.1 Å². The largest absolute Gasteiger partial charge is 0.482 e. The molecule has 2 amide bonds. The fraction of sp³-hybridized carbons (Fsp3) is 0.385. The Morgan fingerprint density at radius 3 is 3.00 bits per heavy atom. The van der Waals surface area contributed by atoms with Crippen molar-refractivity contribution >= 4 is 17.5 Å². The van der Waals surface area contributed by atoms with Gasteiger partial charge in [-0.05, 0) is 24.7 Å². The Morgan fingerprint density at radius 1 is 1.53 bits per heavy atom. The molecular weight excluding hydrogens is 248 g/mol. The van der Waals surface area contributed by atoms with Crippen LogP contribution in [-0.4, -0.2) is 37.2 Å². The highest BCUT2D eigenvalue weighted by Gasteiger charge is 2.30. The summed E-state index contributed by atoms with van der Waals surface area (Å²) in [6, 6.07) is 5.37. The monoisotopic (exact) mass is 264 g/mol. The number of anilines is 1. The van der Waals surface area contributed by atoms with E-state index in [1.54, 1.807) is 12.1 Å². The van der Waals surface area contributed by atoms with Crippen LogP contribution in [0.4, 0.5) is 5.69 Å². The molecule has 1 aliphatic heterocycles. The van der Waals surface area contributed by atoms with E-state index in [4.69, 9.17) is 9.84 Å². The lowest BCUT2D eigenvalue weighted by molar-refractivity contribution is -0.128. The number of imide groups is 1. The predicted octanol–water partition coefficient (Wildman–Crippen LogP) is 0.0404. The second-order valence-electron chi connectivity index (χ2n) is 4.22. The van der Waals surface area contributed by atoms with Gasteiger partial charge in [0.1, 0.15) is 5.75 Å². The summed E-state index contributed by atoms with van der Waals surface area (Å²) in [6.07, 6.45) is -0.0819. The minimum Gasteiger partial charge on any atom is -0.482 e. The van der Waals surface area contributed by atoms with Gasteiger partial charge in [-0.25, -0.2) is 4.90 Å². The minimum absolute atomic E-state index is 0.0819. The van der Waals surface area contributed by atoms with Crippen molar-refractivity contribution in [3.63, 3.8) is 0 Å². The third-order valence-corrected chi connectivity index (χ3v) is 2.82. The Hall–Kier alpha value is -1.92. The quantitative estimate of drug-likeness (QED) is 0.802. The van der Waals surface area contributed by atoms with Crippen LogP contribution in [0.15, 0.2) is 18.2 Å². The number of carbonyl (C=O) groups excluding carboxylic acids is 2. The molecule has 2 rings (SSSR count). The molecule has 6 heteroatoms. The van der Waals surface area contributed by atoms with Crippen molar-refractivity contribution in [3.05, 3.63) is 23.8 Å². The van der Waals surface area contributed by atoms with Crippen molar-refractivity contribution < 1.29 is 19.4 Å². The maximum Gasteiger partial charge on any atom is 0.271 e. The van der Waals surface area contributed by atoms with Crippen LogP contribution in [0.5, 0.6) is 5.75 Å². The summed E-state index contributed by atoms with van der Waals surface area (Å²) in [5.74, 6) is -0.322. The molecular formula is C13H16N2O4. The predicted molar refractivity (Wildman–Crippen MR) is 68.9 cm³/mol. The first-order valence-electron chi connectivity index (χ1n) is 6.04. The van der Waals surface area contributed by atoms with Crippen LogP contribution in [0.3, 0.4) is 0 Å². The topological polar surface area (TPSA) is 78.9 Å². The lowest BCUT2D eigenvalue weighted by atomic mass is 10.1. The van der Waals surface area contributed by atoms with Crippen molar-refractivity contribution in [2.24, 2.45) is 0 Å². The molecule has 1 aromatic carbocycles. The summed E-state index contributed by atoms with van der Waals surface area (Å²) in [5.41, 5.74) is 1.39. The van der Waals surface area contributed by atoms with Gasteiger partial charge in [0.15, 0.2) is 6.61 Å². The van der Waals surface area contributed by atoms with Gasteiger partial charge in [0.05, 0.1) is 18.7 Å². The van der Waals surface area contributed by atoms with E-state index >= 15 is 0 Å². The second kappa shape index (κ2) is 5.81. The highest BCUT2D eigenvalue weighted by Crippen LogP contribution is 2.33. The zero-order valence-electron chi connectivity index (χ0n) is 10.7. The number of carbonyl (C=O) groups is 2. The van der Waals surface area contributed by atoms with Crippen LogP contribution >= 0.6 is 0 Å². The molecule has 1 aliphatic rings. The van der Waals surface area contributed by atoms with E-state index in [-0.39, 0.29) is 19.6 Å². The molecule has 0 radical (unpaired) electrons. The fourth-order valence-electron chi connectivity index (χ4n) is 1.99. The van der Waals surface area contributed by atoms with E-state index in [9.17, 15) is 9.59 Å². The lowest BCUT2D eigenvalue weighted by Gasteiger charge is -2.28. The maximum atomic E-state index is 11.9. The van der Waals surface area contributed by atoms with Gasteiger partial charge in [-0.1, -0.05) is 6.07 Å². The summed E-state index contributed by atoms with van der Waals surface area (Å²) < 4.78 is 5.30. The van der Waals surface area contributed by atoms with Gasteiger partial charge in [0.2, 0.25) is 5.91 Å². The molecule has 0 atom stereocenters. The molecule has 0 saturated carbocycles. The number of nitrogens with zero attached hydrogens (tertiary/aromatic N) is 1. The minimum atomic E-state index is -0.418. The van der Waals surface area contributed by atoms with Crippen LogP contribution in [0.25, 0.3) is 0 Å². The summed E-state index contributed by atoms with van der Waals surface area (Å²) in [4.78, 5) is 24.8. The standard InChI is InChI=1S/C13H16N2O4/c1-14-7-9-2-3-11-10(6-9)15(12(17)4-5-16)13(18)8-19-11/h2-3,6,14,16H,4-5,7-8H2,1H3. The fourth-order valence-corrected chi connectivity index (χ4v) is 1.99. The Bertz CT molecular complexity index is 501. The van der Waals surface area contributed by atoms with E-state index in [2.05, 4.69) is 5.32 Å². The van der Waals surface area contributed by atoms with Gasteiger partial charge in [-0.3, -0.25) is 9.59 Å². The van der Waals surface area contributed by atoms with Gasteiger partial charge >= 0.3 is 0 Å². The molecule has 19 heavy (non-hydrogen) atoms. The third kappa shape index (κ3) is 2.74. The maximum absolute atomic E-state index is 11.9. The number of ether oxygens (including phenoxy) is 1. The molecule has 2 N–H and O–H groups in total. The number of aliphatic hydroxyl groups is 1. The van der Waals surface area contributed by atoms with Crippen molar-refractivity contribution in [2.75, 3.05) is 25.2 Å². The normalized spacial score (nSPS) is 14.0. The average molecular weight is 264 g/mol. The van der Waals surface area contributed by atoms with Gasteiger partial charge in [-0.2, -0.15) is 0 Å². The number of fused-ring (bicyclic) bond motifs is 1. The van der Waals surface area contributed by atoms with Gasteiger partial charge in [-0.15, -0.1) is 0 Å². The lowest BCUT2D eigenvalue weighted by Crippen LogP contribution is -2.43. The summed E-state index contributed by atoms with van der Waals surface area (Å²) in [7, 11) is 1.82. The van der Waals surface area contributed by atoms with Crippen LogP contribution in [0, 0.1) is 0 Å². The Balaban J connectivity index is 2.38. The molecule has 1 aromatic rings. The Morgan fingerprint density at radius 2 is 2.32 bits per heavy atom. The molecule has 0 aromatic heterocycles. The number of rotatable bonds is 4. The van der Waals surface area contributed by atoms with Gasteiger partial charge in [0.25, 0.3) is 5.91 Å². The number of aliphatic hydroxyl groups excluding tert-OH is 1. The molecule has 0 aliphatic carbocycles. The summed E-state index contributed by atoms with van der Waals surface area (Å²) in [5, 5.41) is 11.8. The van der Waals surface area contributed by atoms with Crippen LogP contribution in [0.2, 0.25) is 0 Å². The molecule has 0 fully saturated rings. The summed E-state index contributed by atoms with van der Waals surface area (Å²) >= 11 is 0. The summed E-state index contributed by atoms with van der Waals surface area (Å²) in [6.45, 7) is 0.189. The first-order chi connectivity index (χ1) is 9.17. The molecule has 6 nitrogen and oxygen atoms in total. The Labute approximate surface area is 111 Å². The van der Waals surface area contributed by atoms with Crippen LogP contribution in [-0.2, 0) is 16.1 Å². The van der Waals surface area contributed by atoms with E-state index in [0.29, 0.717) is 18.0 Å². The first-order valence-corrected chi connectivity index (χ1v) is 6.04. The zero-order valence-corrected chi connectivity index (χ0v) is 10.7. The molecule has 0 saturated heterocycles. The number of hydrogen-bond acceptors (Lipinski definition) is 5. The van der Waals surface area contributed by atoms with Crippen molar-refractivity contribution in [1.29, 1.82) is 0 Å². The number of benzene rings is 1. The third-order valence-electron chi connectivity index (χ3n) is 2.82. The van der Waals surface area contributed by atoms with E-state index in [0.717, 1.165) is 10.5 Å². The number of hydrogen-bond donors (Lipinski definition) is 2. The highest BCUT2D eigenvalue weighted by molar-refractivity contribution is 6.17. The van der Waals surface area contributed by atoms with Crippen molar-refractivity contribution in [1.82, 2.24) is 5.32 Å². The number of nitrogens with one attached hydrogen (secondary N) is 1. The molecule has 0 bridgehead atoms. The smallest absolute Gasteiger partial charge is 0.271 e. The average Bonchev–Trinajstić information content (AvgIpc) is 2.39. The van der Waals surface area contributed by atoms with Crippen molar-refractivity contribution in [3.8, 4) is 5.75 Å². The molecule has 0 unspecified atom stereocenters. The van der Waals surface area contributed by atoms with Crippen LogP contribution < -0.4 is 15.0 Å². The Kier molecular flexibility index (Phi) is 4.13. The first kappa shape index (κ1) is 13.5. The van der Waals surface area contributed by atoms with Crippen LogP contribution in [0.1, 0.15) is 12.0 Å². The van der Waals surface area contributed by atoms with E-state index < -0.39 is 11.8 Å². The van der Waals surface area contributed by atoms with E-state index in [1.165, 1.54) is 0 Å². The molecule has 0 spiro atoms. The van der Waals surface area contributed by atoms with Crippen molar-refractivity contribution in [2.45, 2.75) is 13.0 Å². The zero-order chi connectivity index (χ0) is 13.8. The SMILES string of the molecule is CNCc1ccc2c(c1)N(C(=O)CCO)C(=O)CO2. The number of amides is 2. The molecule has 1 heterocycles. The highest BCUT2D eigenvalue weighted by atomic mass is 16.5.